The van der Waals surface area contributed by atoms with Gasteiger partial charge in [-0.2, -0.15) is 13.2 Å². The van der Waals surface area contributed by atoms with Crippen molar-refractivity contribution >= 4 is 23.3 Å². The van der Waals surface area contributed by atoms with E-state index in [2.05, 4.69) is 37.9 Å². The lowest BCUT2D eigenvalue weighted by Crippen LogP contribution is -2.39. The number of alkyl halides is 3. The number of ketones is 1. The van der Waals surface area contributed by atoms with Gasteiger partial charge in [0.2, 0.25) is 0 Å². The van der Waals surface area contributed by atoms with Crippen LogP contribution in [-0.4, -0.2) is 66.2 Å². The van der Waals surface area contributed by atoms with Crippen LogP contribution in [0, 0.1) is 0 Å². The number of amides is 1. The average Bonchev–Trinajstić information content (AvgIpc) is 2.98. The van der Waals surface area contributed by atoms with E-state index in [4.69, 9.17) is 19.4 Å². The van der Waals surface area contributed by atoms with E-state index in [1.54, 1.807) is 37.4 Å². The van der Waals surface area contributed by atoms with Crippen molar-refractivity contribution in [3.8, 4) is 22.6 Å². The first-order valence-electron chi connectivity index (χ1n) is 14.1. The van der Waals surface area contributed by atoms with Crippen LogP contribution in [0.2, 0.25) is 0 Å². The van der Waals surface area contributed by atoms with Gasteiger partial charge in [0.25, 0.3) is 5.91 Å². The number of hydrogen-bond donors (Lipinski definition) is 2. The number of rotatable bonds is 12. The van der Waals surface area contributed by atoms with Crippen LogP contribution in [0.5, 0.6) is 11.5 Å². The van der Waals surface area contributed by atoms with Crippen molar-refractivity contribution in [2.24, 2.45) is 0 Å². The van der Waals surface area contributed by atoms with Crippen molar-refractivity contribution in [3.05, 3.63) is 77.9 Å². The molecular formula is C33H39F3N2O6. The van der Waals surface area contributed by atoms with Gasteiger partial charge in [-0.25, -0.2) is 4.79 Å². The lowest BCUT2D eigenvalue weighted by molar-refractivity contribution is -0.192. The third-order valence-electron chi connectivity index (χ3n) is 6.58. The number of halogens is 3. The minimum Gasteiger partial charge on any atom is -0.493 e. The van der Waals surface area contributed by atoms with E-state index in [0.717, 1.165) is 17.7 Å². The highest BCUT2D eigenvalue weighted by molar-refractivity contribution is 6.04. The number of carbonyl (C=O) groups is 3. The Morgan fingerprint density at radius 1 is 0.864 bits per heavy atom. The number of hydrogen-bond acceptors (Lipinski definition) is 6. The smallest absolute Gasteiger partial charge is 0.490 e. The molecule has 44 heavy (non-hydrogen) atoms. The zero-order valence-corrected chi connectivity index (χ0v) is 25.7. The maximum Gasteiger partial charge on any atom is 0.490 e. The van der Waals surface area contributed by atoms with E-state index >= 15 is 0 Å². The fourth-order valence-corrected chi connectivity index (χ4v) is 4.33. The van der Waals surface area contributed by atoms with Crippen LogP contribution >= 0.6 is 0 Å². The third-order valence-corrected chi connectivity index (χ3v) is 6.58. The summed E-state index contributed by atoms with van der Waals surface area (Å²) < 4.78 is 43.2. The number of ether oxygens (including phenoxy) is 2. The fourth-order valence-electron chi connectivity index (χ4n) is 4.33. The number of aliphatic carboxylic acids is 1. The molecule has 3 aromatic rings. The van der Waals surface area contributed by atoms with E-state index in [0.29, 0.717) is 53.4 Å². The van der Waals surface area contributed by atoms with Gasteiger partial charge in [0, 0.05) is 47.9 Å². The molecule has 3 rings (SSSR count). The van der Waals surface area contributed by atoms with Gasteiger partial charge >= 0.3 is 12.1 Å². The first-order valence-corrected chi connectivity index (χ1v) is 14.1. The van der Waals surface area contributed by atoms with Crippen LogP contribution < -0.4 is 14.8 Å². The molecule has 1 amide bonds. The van der Waals surface area contributed by atoms with Gasteiger partial charge in [0.1, 0.15) is 6.61 Å². The lowest BCUT2D eigenvalue weighted by Gasteiger charge is -2.30. The van der Waals surface area contributed by atoms with E-state index < -0.39 is 12.1 Å². The number of carboxylic acids is 1. The van der Waals surface area contributed by atoms with E-state index in [-0.39, 0.29) is 11.7 Å². The highest BCUT2D eigenvalue weighted by Gasteiger charge is 2.38. The summed E-state index contributed by atoms with van der Waals surface area (Å²) in [6.07, 6.45) is -4.62. The zero-order valence-electron chi connectivity index (χ0n) is 25.7. The number of methoxy groups -OCH3 is 1. The summed E-state index contributed by atoms with van der Waals surface area (Å²) in [4.78, 5) is 36.2. The second-order valence-electron chi connectivity index (χ2n) is 10.3. The molecule has 0 aromatic heterocycles. The number of anilines is 1. The molecule has 0 atom stereocenters. The van der Waals surface area contributed by atoms with E-state index in [1.807, 2.05) is 43.3 Å². The predicted molar refractivity (Wildman–Crippen MR) is 164 cm³/mol. The Labute approximate surface area is 255 Å². The highest BCUT2D eigenvalue weighted by atomic mass is 19.4. The van der Waals surface area contributed by atoms with Crippen molar-refractivity contribution in [1.29, 1.82) is 0 Å². The van der Waals surface area contributed by atoms with E-state index in [1.165, 1.54) is 0 Å². The summed E-state index contributed by atoms with van der Waals surface area (Å²) in [5, 5.41) is 10.1. The first kappa shape index (κ1) is 35.8. The molecule has 0 aliphatic carbocycles. The van der Waals surface area contributed by atoms with Gasteiger partial charge < -0.3 is 19.9 Å². The molecule has 0 fully saturated rings. The first-order chi connectivity index (χ1) is 20.7. The minimum atomic E-state index is -5.08. The number of carbonyl (C=O) groups excluding carboxylic acids is 2. The molecular weight excluding hydrogens is 577 g/mol. The molecule has 0 radical (unpaired) electrons. The Kier molecular flexibility index (Phi) is 13.4. The number of Topliss-reactive ketones (excluding diaryl/α,β-unsaturated/α-hetero) is 1. The van der Waals surface area contributed by atoms with Gasteiger partial charge in [-0.1, -0.05) is 37.3 Å². The molecule has 0 aliphatic heterocycles. The Morgan fingerprint density at radius 3 is 2.00 bits per heavy atom. The molecule has 11 heteroatoms. The van der Waals surface area contributed by atoms with Crippen molar-refractivity contribution < 1.29 is 42.1 Å². The summed E-state index contributed by atoms with van der Waals surface area (Å²) in [7, 11) is 1.60. The third kappa shape index (κ3) is 10.7. The number of nitrogens with zero attached hydrogens (tertiary/aromatic N) is 1. The summed E-state index contributed by atoms with van der Waals surface area (Å²) in [6, 6.07) is 21.1. The molecule has 238 valence electrons. The SMILES string of the molecule is CCC(=O)c1cccc(-c2ccc(C(=O)Nc3ccc(OC)c(OCCN(C(C)C)C(C)C)c3)cc2)c1.O=C(O)C(F)(F)F. The maximum absolute atomic E-state index is 12.9. The Bertz CT molecular complexity index is 1400. The minimum absolute atomic E-state index is 0.109. The van der Waals surface area contributed by atoms with Crippen LogP contribution in [0.1, 0.15) is 61.8 Å². The summed E-state index contributed by atoms with van der Waals surface area (Å²) in [5.41, 5.74) is 3.74. The summed E-state index contributed by atoms with van der Waals surface area (Å²) in [6.45, 7) is 11.9. The summed E-state index contributed by atoms with van der Waals surface area (Å²) in [5.74, 6) is -1.66. The molecule has 0 saturated carbocycles. The topological polar surface area (TPSA) is 105 Å². The Morgan fingerprint density at radius 2 is 1.48 bits per heavy atom. The molecule has 0 aliphatic rings. The van der Waals surface area contributed by atoms with Crippen molar-refractivity contribution in [2.45, 2.75) is 59.3 Å². The predicted octanol–water partition coefficient (Wildman–Crippen LogP) is 7.34. The van der Waals surface area contributed by atoms with Crippen LogP contribution in [0.25, 0.3) is 11.1 Å². The second kappa shape index (κ2) is 16.5. The molecule has 3 aromatic carbocycles. The molecule has 2 N–H and O–H groups in total. The Hall–Kier alpha value is -4.38. The van der Waals surface area contributed by atoms with Crippen LogP contribution in [-0.2, 0) is 4.79 Å². The average molecular weight is 617 g/mol. The molecule has 0 bridgehead atoms. The van der Waals surface area contributed by atoms with Gasteiger partial charge in [-0.3, -0.25) is 14.5 Å². The van der Waals surface area contributed by atoms with E-state index in [9.17, 15) is 22.8 Å². The van der Waals surface area contributed by atoms with Crippen LogP contribution in [0.3, 0.4) is 0 Å². The standard InChI is InChI=1S/C31H38N2O4.C2HF3O2/c1-7-28(34)26-10-8-9-25(19-26)23-11-13-24(14-12-23)31(35)32-27-15-16-29(36-6)30(20-27)37-18-17-33(21(2)3)22(4)5;3-2(4,5)1(6)7/h8-16,19-22H,7,17-18H2,1-6H3,(H,32,35);(H,6,7). The van der Waals surface area contributed by atoms with Gasteiger partial charge in [-0.05, 0) is 69.2 Å². The van der Waals surface area contributed by atoms with Gasteiger partial charge in [0.05, 0.1) is 7.11 Å². The van der Waals surface area contributed by atoms with Crippen molar-refractivity contribution in [3.63, 3.8) is 0 Å². The second-order valence-corrected chi connectivity index (χ2v) is 10.3. The lowest BCUT2D eigenvalue weighted by atomic mass is 9.99. The monoisotopic (exact) mass is 616 g/mol. The molecule has 0 saturated heterocycles. The fraction of sp³-hybridized carbons (Fsp3) is 0.364. The van der Waals surface area contributed by atoms with Gasteiger partial charge in [-0.15, -0.1) is 0 Å². The largest absolute Gasteiger partial charge is 0.493 e. The Balaban J connectivity index is 0.000000860. The maximum atomic E-state index is 12.9. The zero-order chi connectivity index (χ0) is 33.0. The summed E-state index contributed by atoms with van der Waals surface area (Å²) >= 11 is 0. The number of benzene rings is 3. The van der Waals surface area contributed by atoms with Crippen molar-refractivity contribution in [2.75, 3.05) is 25.6 Å². The van der Waals surface area contributed by atoms with Crippen LogP contribution in [0.15, 0.2) is 66.7 Å². The molecule has 0 unspecified atom stereocenters. The molecule has 8 nitrogen and oxygen atoms in total. The normalized spacial score (nSPS) is 11.2. The van der Waals surface area contributed by atoms with Crippen LogP contribution in [0.4, 0.5) is 18.9 Å². The molecule has 0 heterocycles. The van der Waals surface area contributed by atoms with Gasteiger partial charge in [0.15, 0.2) is 17.3 Å². The van der Waals surface area contributed by atoms with Crippen molar-refractivity contribution in [1.82, 2.24) is 4.90 Å². The molecule has 0 spiro atoms. The highest BCUT2D eigenvalue weighted by Crippen LogP contribution is 2.31. The number of carboxylic acid groups (broad SMARTS) is 1. The number of nitrogens with one attached hydrogen (secondary N) is 1. The quantitative estimate of drug-likeness (QED) is 0.205.